The fourth-order valence-corrected chi connectivity index (χ4v) is 3.56. The van der Waals surface area contributed by atoms with Gasteiger partial charge in [-0.1, -0.05) is 17.7 Å². The molecule has 6 nitrogen and oxygen atoms in total. The second kappa shape index (κ2) is 8.33. The van der Waals surface area contributed by atoms with Crippen molar-refractivity contribution < 1.29 is 13.2 Å². The highest BCUT2D eigenvalue weighted by atomic mass is 32.2. The van der Waals surface area contributed by atoms with Gasteiger partial charge in [-0.15, -0.1) is 0 Å². The van der Waals surface area contributed by atoms with Crippen LogP contribution < -0.4 is 15.4 Å². The van der Waals surface area contributed by atoms with Crippen molar-refractivity contribution in [3.63, 3.8) is 0 Å². The second-order valence-corrected chi connectivity index (χ2v) is 8.24. The van der Waals surface area contributed by atoms with Crippen molar-refractivity contribution in [1.82, 2.24) is 4.72 Å². The predicted octanol–water partition coefficient (Wildman–Crippen LogP) is 3.12. The number of benzene rings is 2. The van der Waals surface area contributed by atoms with Gasteiger partial charge in [0.15, 0.2) is 0 Å². The molecule has 2 aromatic rings. The van der Waals surface area contributed by atoms with Crippen LogP contribution in [0.2, 0.25) is 0 Å². The number of rotatable bonds is 7. The molecule has 0 fully saturated rings. The van der Waals surface area contributed by atoms with Crippen LogP contribution in [0.5, 0.6) is 0 Å². The van der Waals surface area contributed by atoms with Gasteiger partial charge in [0.1, 0.15) is 6.04 Å². The van der Waals surface area contributed by atoms with E-state index in [9.17, 15) is 13.2 Å². The lowest BCUT2D eigenvalue weighted by Gasteiger charge is -2.16. The van der Waals surface area contributed by atoms with Gasteiger partial charge in [-0.3, -0.25) is 4.79 Å². The van der Waals surface area contributed by atoms with Gasteiger partial charge in [0.2, 0.25) is 15.9 Å². The zero-order chi connectivity index (χ0) is 19.3. The van der Waals surface area contributed by atoms with Crippen LogP contribution in [0.1, 0.15) is 26.3 Å². The van der Waals surface area contributed by atoms with Crippen molar-refractivity contribution >= 4 is 27.3 Å². The van der Waals surface area contributed by atoms with Crippen LogP contribution in [-0.4, -0.2) is 26.4 Å². The predicted molar refractivity (Wildman–Crippen MR) is 105 cm³/mol. The molecule has 0 aromatic heterocycles. The summed E-state index contributed by atoms with van der Waals surface area (Å²) >= 11 is 0. The molecule has 0 radical (unpaired) electrons. The Morgan fingerprint density at radius 2 is 1.42 bits per heavy atom. The van der Waals surface area contributed by atoms with E-state index >= 15 is 0 Å². The maximum Gasteiger partial charge on any atom is 0.246 e. The minimum atomic E-state index is -3.54. The molecule has 0 aliphatic rings. The summed E-state index contributed by atoms with van der Waals surface area (Å²) in [5.41, 5.74) is 2.55. The average molecular weight is 375 g/mol. The lowest BCUT2D eigenvalue weighted by Crippen LogP contribution is -2.32. The molecule has 2 rings (SSSR count). The molecule has 0 aliphatic heterocycles. The summed E-state index contributed by atoms with van der Waals surface area (Å²) in [6.07, 6.45) is 0. The molecular weight excluding hydrogens is 350 g/mol. The number of hydrogen-bond acceptors (Lipinski definition) is 4. The fraction of sp³-hybridized carbons (Fsp3) is 0.316. The maximum atomic E-state index is 12.3. The smallest absolute Gasteiger partial charge is 0.246 e. The van der Waals surface area contributed by atoms with E-state index in [1.54, 1.807) is 32.9 Å². The lowest BCUT2D eigenvalue weighted by molar-refractivity contribution is -0.116. The summed E-state index contributed by atoms with van der Waals surface area (Å²) in [5, 5.41) is 5.90. The first-order valence-corrected chi connectivity index (χ1v) is 9.92. The van der Waals surface area contributed by atoms with Crippen molar-refractivity contribution in [3.05, 3.63) is 54.1 Å². The summed E-state index contributed by atoms with van der Waals surface area (Å²) in [6.45, 7) is 7.28. The zero-order valence-corrected chi connectivity index (χ0v) is 16.2. The molecule has 7 heteroatoms. The maximum absolute atomic E-state index is 12.3. The largest absolute Gasteiger partial charge is 0.374 e. The number of amides is 1. The van der Waals surface area contributed by atoms with Crippen LogP contribution in [0.4, 0.5) is 11.4 Å². The van der Waals surface area contributed by atoms with E-state index in [4.69, 9.17) is 0 Å². The highest BCUT2D eigenvalue weighted by Gasteiger charge is 2.16. The van der Waals surface area contributed by atoms with Crippen LogP contribution in [0, 0.1) is 6.92 Å². The van der Waals surface area contributed by atoms with E-state index in [0.29, 0.717) is 5.69 Å². The number of sulfonamides is 1. The average Bonchev–Trinajstić information content (AvgIpc) is 2.56. The first kappa shape index (κ1) is 19.9. The molecule has 0 saturated carbocycles. The lowest BCUT2D eigenvalue weighted by atomic mass is 10.2. The molecule has 2 aromatic carbocycles. The second-order valence-electron chi connectivity index (χ2n) is 6.52. The number of hydrogen-bond donors (Lipinski definition) is 3. The Labute approximate surface area is 155 Å². The van der Waals surface area contributed by atoms with Crippen molar-refractivity contribution in [2.75, 3.05) is 10.6 Å². The summed E-state index contributed by atoms with van der Waals surface area (Å²) in [5.74, 6) is -0.207. The van der Waals surface area contributed by atoms with E-state index < -0.39 is 16.1 Å². The molecule has 140 valence electrons. The molecule has 1 atom stereocenters. The number of aryl methyl sites for hydroxylation is 1. The topological polar surface area (TPSA) is 87.3 Å². The van der Waals surface area contributed by atoms with Crippen LogP contribution >= 0.6 is 0 Å². The third-order valence-electron chi connectivity index (χ3n) is 3.65. The Morgan fingerprint density at radius 1 is 0.885 bits per heavy atom. The molecular formula is C19H25N3O3S. The van der Waals surface area contributed by atoms with E-state index in [2.05, 4.69) is 15.4 Å². The van der Waals surface area contributed by atoms with Crippen LogP contribution in [0.3, 0.4) is 0 Å². The SMILES string of the molecule is Cc1ccc(N[C@H](C)C(=O)Nc2ccc(S(=O)(=O)NC(C)C)cc2)cc1. The van der Waals surface area contributed by atoms with Gasteiger partial charge in [-0.05, 0) is 64.1 Å². The fourth-order valence-electron chi connectivity index (χ4n) is 2.31. The Hall–Kier alpha value is -2.38. The minimum absolute atomic E-state index is 0.162. The third-order valence-corrected chi connectivity index (χ3v) is 5.33. The highest BCUT2D eigenvalue weighted by Crippen LogP contribution is 2.15. The Balaban J connectivity index is 1.99. The van der Waals surface area contributed by atoms with E-state index in [1.165, 1.54) is 12.1 Å². The minimum Gasteiger partial charge on any atom is -0.374 e. The van der Waals surface area contributed by atoms with E-state index in [0.717, 1.165) is 11.3 Å². The summed E-state index contributed by atoms with van der Waals surface area (Å²) in [6, 6.07) is 13.2. The molecule has 1 amide bonds. The van der Waals surface area contributed by atoms with Crippen molar-refractivity contribution in [2.24, 2.45) is 0 Å². The Bertz CT molecular complexity index is 845. The van der Waals surface area contributed by atoms with Gasteiger partial charge in [0, 0.05) is 17.4 Å². The molecule has 0 heterocycles. The Kier molecular flexibility index (Phi) is 6.39. The summed E-state index contributed by atoms with van der Waals surface area (Å²) in [7, 11) is -3.54. The molecule has 0 spiro atoms. The first-order chi connectivity index (χ1) is 12.2. The Morgan fingerprint density at radius 3 is 1.96 bits per heavy atom. The van der Waals surface area contributed by atoms with Gasteiger partial charge in [-0.2, -0.15) is 0 Å². The number of nitrogens with one attached hydrogen (secondary N) is 3. The third kappa shape index (κ3) is 5.57. The van der Waals surface area contributed by atoms with Crippen LogP contribution in [0.25, 0.3) is 0 Å². The molecule has 0 aliphatic carbocycles. The van der Waals surface area contributed by atoms with E-state index in [-0.39, 0.29) is 16.8 Å². The first-order valence-electron chi connectivity index (χ1n) is 8.44. The van der Waals surface area contributed by atoms with Crippen LogP contribution in [-0.2, 0) is 14.8 Å². The highest BCUT2D eigenvalue weighted by molar-refractivity contribution is 7.89. The normalized spacial score (nSPS) is 12.7. The number of carbonyl (C=O) groups excluding carboxylic acids is 1. The quantitative estimate of drug-likeness (QED) is 0.694. The molecule has 0 bridgehead atoms. The zero-order valence-electron chi connectivity index (χ0n) is 15.4. The van der Waals surface area contributed by atoms with Crippen molar-refractivity contribution in [1.29, 1.82) is 0 Å². The summed E-state index contributed by atoms with van der Waals surface area (Å²) < 4.78 is 26.7. The molecule has 26 heavy (non-hydrogen) atoms. The van der Waals surface area contributed by atoms with Gasteiger partial charge < -0.3 is 10.6 Å². The van der Waals surface area contributed by atoms with Crippen molar-refractivity contribution in [2.45, 2.75) is 44.7 Å². The standard InChI is InChI=1S/C19H25N3O3S/c1-13(2)22-26(24,25)18-11-9-17(10-12-18)21-19(23)15(4)20-16-7-5-14(3)6-8-16/h5-13,15,20,22H,1-4H3,(H,21,23)/t15-/m1/s1. The van der Waals surface area contributed by atoms with Gasteiger partial charge in [-0.25, -0.2) is 13.1 Å². The summed E-state index contributed by atoms with van der Waals surface area (Å²) in [4.78, 5) is 12.5. The number of anilines is 2. The molecule has 3 N–H and O–H groups in total. The number of carbonyl (C=O) groups is 1. The van der Waals surface area contributed by atoms with E-state index in [1.807, 2.05) is 31.2 Å². The molecule has 0 saturated heterocycles. The monoisotopic (exact) mass is 375 g/mol. The van der Waals surface area contributed by atoms with Gasteiger partial charge in [0.05, 0.1) is 4.90 Å². The van der Waals surface area contributed by atoms with Crippen molar-refractivity contribution in [3.8, 4) is 0 Å². The molecule has 0 unspecified atom stereocenters. The van der Waals surface area contributed by atoms with Gasteiger partial charge >= 0.3 is 0 Å². The van der Waals surface area contributed by atoms with Crippen LogP contribution in [0.15, 0.2) is 53.4 Å². The van der Waals surface area contributed by atoms with Gasteiger partial charge in [0.25, 0.3) is 0 Å².